The Bertz CT molecular complexity index is 149. The predicted molar refractivity (Wildman–Crippen MR) is 46.0 cm³/mol. The molecule has 2 aliphatic heterocycles. The molecule has 2 rings (SSSR count). The maximum atomic E-state index is 5.42. The Morgan fingerprint density at radius 1 is 1.42 bits per heavy atom. The Morgan fingerprint density at radius 3 is 2.75 bits per heavy atom. The number of hydrogen-bond donors (Lipinski definition) is 1. The van der Waals surface area contributed by atoms with E-state index in [0.29, 0.717) is 0 Å². The van der Waals surface area contributed by atoms with Crippen LogP contribution < -0.4 is 5.32 Å². The Kier molecular flexibility index (Phi) is 2.35. The topological polar surface area (TPSA) is 30.5 Å². The maximum absolute atomic E-state index is 5.42. The molecule has 1 N–H and O–H groups in total. The third-order valence-electron chi connectivity index (χ3n) is 2.77. The standard InChI is InChI=1S/C9H17NO2/c1-9(3-2-4-10-9)7-8-11-5-6-12-8/h8,10H,2-7H2,1H3. The van der Waals surface area contributed by atoms with Gasteiger partial charge in [0.2, 0.25) is 0 Å². The van der Waals surface area contributed by atoms with Gasteiger partial charge in [-0.05, 0) is 26.3 Å². The number of nitrogens with one attached hydrogen (secondary N) is 1. The zero-order valence-corrected chi connectivity index (χ0v) is 7.64. The minimum absolute atomic E-state index is 0.0422. The molecule has 0 spiro atoms. The Morgan fingerprint density at radius 2 is 2.17 bits per heavy atom. The van der Waals surface area contributed by atoms with Crippen molar-refractivity contribution in [2.24, 2.45) is 0 Å². The van der Waals surface area contributed by atoms with Gasteiger partial charge in [0.15, 0.2) is 6.29 Å². The normalized spacial score (nSPS) is 37.8. The lowest BCUT2D eigenvalue weighted by Crippen LogP contribution is -2.39. The Labute approximate surface area is 73.4 Å². The summed E-state index contributed by atoms with van der Waals surface area (Å²) in [6.45, 7) is 4.93. The summed E-state index contributed by atoms with van der Waals surface area (Å²) >= 11 is 0. The maximum Gasteiger partial charge on any atom is 0.159 e. The summed E-state index contributed by atoms with van der Waals surface area (Å²) < 4.78 is 10.8. The van der Waals surface area contributed by atoms with E-state index in [1.165, 1.54) is 12.8 Å². The molecule has 0 saturated carbocycles. The van der Waals surface area contributed by atoms with Crippen LogP contribution in [0.5, 0.6) is 0 Å². The fourth-order valence-corrected chi connectivity index (χ4v) is 2.02. The molecule has 12 heavy (non-hydrogen) atoms. The summed E-state index contributed by atoms with van der Waals surface area (Å²) in [4.78, 5) is 0. The van der Waals surface area contributed by atoms with Crippen LogP contribution in [0.25, 0.3) is 0 Å². The first kappa shape index (κ1) is 8.48. The van der Waals surface area contributed by atoms with Gasteiger partial charge in [-0.2, -0.15) is 0 Å². The molecule has 0 aliphatic carbocycles. The van der Waals surface area contributed by atoms with E-state index in [2.05, 4.69) is 12.2 Å². The van der Waals surface area contributed by atoms with Crippen molar-refractivity contribution in [3.8, 4) is 0 Å². The molecule has 2 aliphatic rings. The lowest BCUT2D eigenvalue weighted by molar-refractivity contribution is -0.0607. The molecule has 1 unspecified atom stereocenters. The van der Waals surface area contributed by atoms with Gasteiger partial charge in [0.25, 0.3) is 0 Å². The Balaban J connectivity index is 1.83. The lowest BCUT2D eigenvalue weighted by atomic mass is 9.96. The summed E-state index contributed by atoms with van der Waals surface area (Å²) in [6.07, 6.45) is 3.56. The van der Waals surface area contributed by atoms with Gasteiger partial charge in [-0.15, -0.1) is 0 Å². The van der Waals surface area contributed by atoms with Crippen molar-refractivity contribution in [2.45, 2.75) is 38.0 Å². The van der Waals surface area contributed by atoms with Crippen LogP contribution in [0, 0.1) is 0 Å². The molecule has 1 atom stereocenters. The quantitative estimate of drug-likeness (QED) is 0.669. The van der Waals surface area contributed by atoms with Crippen LogP contribution in [-0.2, 0) is 9.47 Å². The number of hydrogen-bond acceptors (Lipinski definition) is 3. The summed E-state index contributed by atoms with van der Waals surface area (Å²) in [5, 5.41) is 3.50. The first-order chi connectivity index (χ1) is 5.79. The van der Waals surface area contributed by atoms with Crippen LogP contribution in [0.2, 0.25) is 0 Å². The second-order valence-corrected chi connectivity index (χ2v) is 3.97. The average Bonchev–Trinajstić information content (AvgIpc) is 2.62. The van der Waals surface area contributed by atoms with Crippen molar-refractivity contribution in [2.75, 3.05) is 19.8 Å². The summed E-state index contributed by atoms with van der Waals surface area (Å²) in [5.74, 6) is 0. The van der Waals surface area contributed by atoms with Gasteiger partial charge in [-0.25, -0.2) is 0 Å². The van der Waals surface area contributed by atoms with Crippen molar-refractivity contribution >= 4 is 0 Å². The SMILES string of the molecule is CC1(CC2OCCO2)CCCN1. The van der Waals surface area contributed by atoms with Gasteiger partial charge < -0.3 is 14.8 Å². The van der Waals surface area contributed by atoms with Crippen LogP contribution in [0.3, 0.4) is 0 Å². The highest BCUT2D eigenvalue weighted by Gasteiger charge is 2.33. The second-order valence-electron chi connectivity index (χ2n) is 3.97. The molecule has 2 saturated heterocycles. The smallest absolute Gasteiger partial charge is 0.159 e. The van der Waals surface area contributed by atoms with E-state index >= 15 is 0 Å². The summed E-state index contributed by atoms with van der Waals surface area (Å²) in [6, 6.07) is 0. The molecule has 70 valence electrons. The second kappa shape index (κ2) is 3.32. The molecule has 0 aromatic heterocycles. The van der Waals surface area contributed by atoms with E-state index in [9.17, 15) is 0 Å². The number of ether oxygens (including phenoxy) is 2. The van der Waals surface area contributed by atoms with Gasteiger partial charge in [-0.3, -0.25) is 0 Å². The molecule has 0 aromatic rings. The van der Waals surface area contributed by atoms with E-state index in [1.54, 1.807) is 0 Å². The fraction of sp³-hybridized carbons (Fsp3) is 1.00. The van der Waals surface area contributed by atoms with Gasteiger partial charge >= 0.3 is 0 Å². The van der Waals surface area contributed by atoms with Crippen molar-refractivity contribution < 1.29 is 9.47 Å². The van der Waals surface area contributed by atoms with Gasteiger partial charge in [0.1, 0.15) is 0 Å². The number of rotatable bonds is 2. The van der Waals surface area contributed by atoms with Crippen molar-refractivity contribution in [1.29, 1.82) is 0 Å². The van der Waals surface area contributed by atoms with Crippen LogP contribution in [0.1, 0.15) is 26.2 Å². The first-order valence-corrected chi connectivity index (χ1v) is 4.77. The fourth-order valence-electron chi connectivity index (χ4n) is 2.02. The zero-order valence-electron chi connectivity index (χ0n) is 7.64. The first-order valence-electron chi connectivity index (χ1n) is 4.77. The molecule has 0 amide bonds. The average molecular weight is 171 g/mol. The molecule has 3 nitrogen and oxygen atoms in total. The molecule has 0 aromatic carbocycles. The van der Waals surface area contributed by atoms with E-state index in [4.69, 9.17) is 9.47 Å². The molecular formula is C9H17NO2. The lowest BCUT2D eigenvalue weighted by Gasteiger charge is -2.26. The molecule has 2 heterocycles. The van der Waals surface area contributed by atoms with Crippen LogP contribution in [0.4, 0.5) is 0 Å². The van der Waals surface area contributed by atoms with Crippen LogP contribution in [0.15, 0.2) is 0 Å². The highest BCUT2D eigenvalue weighted by atomic mass is 16.7. The molecule has 0 bridgehead atoms. The molecule has 0 radical (unpaired) electrons. The van der Waals surface area contributed by atoms with Crippen molar-refractivity contribution in [3.63, 3.8) is 0 Å². The van der Waals surface area contributed by atoms with Gasteiger partial charge in [-0.1, -0.05) is 0 Å². The summed E-state index contributed by atoms with van der Waals surface area (Å²) in [7, 11) is 0. The van der Waals surface area contributed by atoms with E-state index < -0.39 is 0 Å². The molecule has 2 fully saturated rings. The van der Waals surface area contributed by atoms with E-state index in [1.807, 2.05) is 0 Å². The minimum atomic E-state index is 0.0422. The van der Waals surface area contributed by atoms with Crippen LogP contribution >= 0.6 is 0 Å². The van der Waals surface area contributed by atoms with E-state index in [-0.39, 0.29) is 11.8 Å². The zero-order chi connectivity index (χ0) is 8.44. The Hall–Kier alpha value is -0.120. The van der Waals surface area contributed by atoms with Gasteiger partial charge in [0, 0.05) is 12.0 Å². The third kappa shape index (κ3) is 1.79. The predicted octanol–water partition coefficient (Wildman–Crippen LogP) is 0.891. The molecular weight excluding hydrogens is 154 g/mol. The molecule has 3 heteroatoms. The van der Waals surface area contributed by atoms with Gasteiger partial charge in [0.05, 0.1) is 13.2 Å². The van der Waals surface area contributed by atoms with Crippen molar-refractivity contribution in [3.05, 3.63) is 0 Å². The minimum Gasteiger partial charge on any atom is -0.350 e. The van der Waals surface area contributed by atoms with Crippen molar-refractivity contribution in [1.82, 2.24) is 5.32 Å². The van der Waals surface area contributed by atoms with E-state index in [0.717, 1.165) is 26.2 Å². The highest BCUT2D eigenvalue weighted by molar-refractivity contribution is 4.89. The van der Waals surface area contributed by atoms with Crippen LogP contribution in [-0.4, -0.2) is 31.6 Å². The largest absolute Gasteiger partial charge is 0.350 e. The monoisotopic (exact) mass is 171 g/mol. The summed E-state index contributed by atoms with van der Waals surface area (Å²) in [5.41, 5.74) is 0.259. The third-order valence-corrected chi connectivity index (χ3v) is 2.77. The highest BCUT2D eigenvalue weighted by Crippen LogP contribution is 2.26.